The molecule has 6 nitrogen and oxygen atoms in total. The molecule has 0 atom stereocenters. The van der Waals surface area contributed by atoms with Gasteiger partial charge in [-0.25, -0.2) is 12.8 Å². The van der Waals surface area contributed by atoms with Crippen molar-refractivity contribution in [1.82, 2.24) is 9.21 Å². The molecular formula is C16H21FN2O4S. The number of carbonyl (C=O) groups excluding carboxylic acids is 1. The van der Waals surface area contributed by atoms with Gasteiger partial charge in [0.05, 0.1) is 23.7 Å². The van der Waals surface area contributed by atoms with E-state index in [0.29, 0.717) is 39.4 Å². The summed E-state index contributed by atoms with van der Waals surface area (Å²) in [4.78, 5) is 14.0. The van der Waals surface area contributed by atoms with Crippen molar-refractivity contribution in [3.63, 3.8) is 0 Å². The van der Waals surface area contributed by atoms with Gasteiger partial charge in [0.25, 0.3) is 5.91 Å². The molecular weight excluding hydrogens is 335 g/mol. The zero-order chi connectivity index (χ0) is 17.2. The summed E-state index contributed by atoms with van der Waals surface area (Å²) in [7, 11) is -3.69. The number of hydrogen-bond acceptors (Lipinski definition) is 4. The van der Waals surface area contributed by atoms with E-state index in [0.717, 1.165) is 31.4 Å². The van der Waals surface area contributed by atoms with Crippen LogP contribution in [0.15, 0.2) is 23.1 Å². The molecule has 1 aromatic rings. The average molecular weight is 356 g/mol. The summed E-state index contributed by atoms with van der Waals surface area (Å²) in [6.07, 6.45) is 2.65. The van der Waals surface area contributed by atoms with Gasteiger partial charge in [-0.1, -0.05) is 6.42 Å². The summed E-state index contributed by atoms with van der Waals surface area (Å²) in [6, 6.07) is 3.46. The highest BCUT2D eigenvalue weighted by Crippen LogP contribution is 2.23. The van der Waals surface area contributed by atoms with Gasteiger partial charge in [-0.05, 0) is 31.0 Å². The van der Waals surface area contributed by atoms with E-state index < -0.39 is 21.7 Å². The molecule has 132 valence electrons. The molecule has 1 amide bonds. The van der Waals surface area contributed by atoms with Crippen molar-refractivity contribution in [2.24, 2.45) is 0 Å². The third kappa shape index (κ3) is 3.45. The van der Waals surface area contributed by atoms with Crippen molar-refractivity contribution in [3.05, 3.63) is 29.6 Å². The van der Waals surface area contributed by atoms with E-state index in [9.17, 15) is 17.6 Å². The normalized spacial score (nSPS) is 20.1. The van der Waals surface area contributed by atoms with Crippen LogP contribution in [0, 0.1) is 5.82 Å². The molecule has 0 aliphatic carbocycles. The molecule has 8 heteroatoms. The van der Waals surface area contributed by atoms with E-state index >= 15 is 0 Å². The first-order valence-electron chi connectivity index (χ1n) is 8.17. The minimum Gasteiger partial charge on any atom is -0.378 e. The number of hydrogen-bond donors (Lipinski definition) is 0. The second-order valence-corrected chi connectivity index (χ2v) is 7.95. The van der Waals surface area contributed by atoms with Gasteiger partial charge in [0.2, 0.25) is 10.0 Å². The quantitative estimate of drug-likeness (QED) is 0.823. The van der Waals surface area contributed by atoms with Gasteiger partial charge < -0.3 is 9.64 Å². The van der Waals surface area contributed by atoms with Crippen LogP contribution in [-0.4, -0.2) is 62.9 Å². The van der Waals surface area contributed by atoms with Crippen LogP contribution in [0.25, 0.3) is 0 Å². The van der Waals surface area contributed by atoms with Gasteiger partial charge in [-0.15, -0.1) is 0 Å². The topological polar surface area (TPSA) is 66.9 Å². The van der Waals surface area contributed by atoms with Gasteiger partial charge >= 0.3 is 0 Å². The molecule has 1 aromatic carbocycles. The molecule has 2 aliphatic heterocycles. The summed E-state index contributed by atoms with van der Waals surface area (Å²) >= 11 is 0. The van der Waals surface area contributed by atoms with E-state index in [1.54, 1.807) is 0 Å². The zero-order valence-corrected chi connectivity index (χ0v) is 14.2. The fraction of sp³-hybridized carbons (Fsp3) is 0.562. The van der Waals surface area contributed by atoms with Crippen LogP contribution in [0.5, 0.6) is 0 Å². The van der Waals surface area contributed by atoms with Crippen LogP contribution in [0.4, 0.5) is 4.39 Å². The Morgan fingerprint density at radius 3 is 2.38 bits per heavy atom. The van der Waals surface area contributed by atoms with Crippen LogP contribution in [0.3, 0.4) is 0 Å². The largest absolute Gasteiger partial charge is 0.378 e. The Morgan fingerprint density at radius 2 is 1.71 bits per heavy atom. The van der Waals surface area contributed by atoms with Gasteiger partial charge in [-0.3, -0.25) is 4.79 Å². The Hall–Kier alpha value is -1.51. The van der Waals surface area contributed by atoms with Gasteiger partial charge in [0.15, 0.2) is 0 Å². The van der Waals surface area contributed by atoms with E-state index in [4.69, 9.17) is 4.74 Å². The van der Waals surface area contributed by atoms with Crippen LogP contribution in [-0.2, 0) is 14.8 Å². The predicted molar refractivity (Wildman–Crippen MR) is 85.7 cm³/mol. The molecule has 2 heterocycles. The lowest BCUT2D eigenvalue weighted by molar-refractivity contribution is 0.0299. The third-order valence-electron chi connectivity index (χ3n) is 4.42. The summed E-state index contributed by atoms with van der Waals surface area (Å²) in [6.45, 7) is 2.49. The Morgan fingerprint density at radius 1 is 1.04 bits per heavy atom. The predicted octanol–water partition coefficient (Wildman–Crippen LogP) is 1.47. The SMILES string of the molecule is O=C(c1cc(S(=O)(=O)N2CCCCC2)ccc1F)N1CCOCC1. The van der Waals surface area contributed by atoms with Gasteiger partial charge in [0.1, 0.15) is 5.82 Å². The highest BCUT2D eigenvalue weighted by Gasteiger charge is 2.28. The molecule has 0 unspecified atom stereocenters. The molecule has 3 rings (SSSR count). The molecule has 2 aliphatic rings. The summed E-state index contributed by atoms with van der Waals surface area (Å²) in [5, 5.41) is 0. The Balaban J connectivity index is 1.89. The smallest absolute Gasteiger partial charge is 0.257 e. The van der Waals surface area contributed by atoms with E-state index in [2.05, 4.69) is 0 Å². The molecule has 2 saturated heterocycles. The number of benzene rings is 1. The third-order valence-corrected chi connectivity index (χ3v) is 6.31. The second kappa shape index (κ2) is 7.16. The van der Waals surface area contributed by atoms with Crippen molar-refractivity contribution < 1.29 is 22.3 Å². The maximum Gasteiger partial charge on any atom is 0.257 e. The molecule has 0 spiro atoms. The number of sulfonamides is 1. The van der Waals surface area contributed by atoms with Crippen molar-refractivity contribution in [2.45, 2.75) is 24.2 Å². The number of piperidine rings is 1. The number of halogens is 1. The van der Waals surface area contributed by atoms with E-state index in [1.165, 1.54) is 15.3 Å². The fourth-order valence-corrected chi connectivity index (χ4v) is 4.56. The molecule has 0 aromatic heterocycles. The van der Waals surface area contributed by atoms with E-state index in [-0.39, 0.29) is 10.5 Å². The number of ether oxygens (including phenoxy) is 1. The van der Waals surface area contributed by atoms with Crippen molar-refractivity contribution in [3.8, 4) is 0 Å². The lowest BCUT2D eigenvalue weighted by Gasteiger charge is -2.28. The number of nitrogens with zero attached hydrogens (tertiary/aromatic N) is 2. The maximum atomic E-state index is 14.1. The van der Waals surface area contributed by atoms with Crippen LogP contribution < -0.4 is 0 Å². The zero-order valence-electron chi connectivity index (χ0n) is 13.4. The van der Waals surface area contributed by atoms with Gasteiger partial charge in [-0.2, -0.15) is 4.31 Å². The number of rotatable bonds is 3. The van der Waals surface area contributed by atoms with Crippen molar-refractivity contribution in [2.75, 3.05) is 39.4 Å². The minimum atomic E-state index is -3.69. The molecule has 2 fully saturated rings. The lowest BCUT2D eigenvalue weighted by Crippen LogP contribution is -2.41. The molecule has 0 radical (unpaired) electrons. The summed E-state index contributed by atoms with van der Waals surface area (Å²) in [5.74, 6) is -1.20. The number of morpholine rings is 1. The second-order valence-electron chi connectivity index (χ2n) is 6.01. The molecule has 0 saturated carbocycles. The average Bonchev–Trinajstić information content (AvgIpc) is 2.63. The van der Waals surface area contributed by atoms with Crippen molar-refractivity contribution >= 4 is 15.9 Å². The monoisotopic (exact) mass is 356 g/mol. The van der Waals surface area contributed by atoms with Crippen LogP contribution in [0.1, 0.15) is 29.6 Å². The summed E-state index contributed by atoms with van der Waals surface area (Å²) < 4.78 is 46.1. The first kappa shape index (κ1) is 17.3. The first-order chi connectivity index (χ1) is 11.5. The van der Waals surface area contributed by atoms with Crippen LogP contribution in [0.2, 0.25) is 0 Å². The maximum absolute atomic E-state index is 14.1. The number of amides is 1. The highest BCUT2D eigenvalue weighted by atomic mass is 32.2. The Labute approximate surface area is 141 Å². The van der Waals surface area contributed by atoms with Crippen molar-refractivity contribution in [1.29, 1.82) is 0 Å². The number of carbonyl (C=O) groups is 1. The highest BCUT2D eigenvalue weighted by molar-refractivity contribution is 7.89. The molecule has 0 bridgehead atoms. The molecule has 0 N–H and O–H groups in total. The van der Waals surface area contributed by atoms with Crippen LogP contribution >= 0.6 is 0 Å². The summed E-state index contributed by atoms with van der Waals surface area (Å²) in [5.41, 5.74) is -0.199. The molecule has 24 heavy (non-hydrogen) atoms. The standard InChI is InChI=1S/C16H21FN2O4S/c17-15-5-4-13(24(21,22)19-6-2-1-3-7-19)12-14(15)16(20)18-8-10-23-11-9-18/h4-5,12H,1-3,6-11H2. The first-order valence-corrected chi connectivity index (χ1v) is 9.61. The van der Waals surface area contributed by atoms with E-state index in [1.807, 2.05) is 0 Å². The van der Waals surface area contributed by atoms with Gasteiger partial charge in [0, 0.05) is 26.2 Å². The Bertz CT molecular complexity index is 711. The fourth-order valence-electron chi connectivity index (χ4n) is 3.02. The minimum absolute atomic E-state index is 0.0255. The lowest BCUT2D eigenvalue weighted by atomic mass is 10.2. The Kier molecular flexibility index (Phi) is 5.17.